The zero-order valence-corrected chi connectivity index (χ0v) is 29.1. The number of hydrogen-bond acceptors (Lipinski definition) is 7. The van der Waals surface area contributed by atoms with Crippen molar-refractivity contribution < 1.29 is 23.9 Å². The molecule has 0 spiro atoms. The number of aromatic nitrogens is 2. The highest BCUT2D eigenvalue weighted by molar-refractivity contribution is 5.93. The Hall–Kier alpha value is -5.52. The molecule has 1 atom stereocenters. The van der Waals surface area contributed by atoms with Gasteiger partial charge >= 0.3 is 18.2 Å². The molecule has 0 aliphatic carbocycles. The van der Waals surface area contributed by atoms with Gasteiger partial charge in [-0.05, 0) is 16.7 Å². The van der Waals surface area contributed by atoms with Crippen LogP contribution >= 0.6 is 0 Å². The summed E-state index contributed by atoms with van der Waals surface area (Å²) in [5.41, 5.74) is 10.1. The number of ether oxygens (including phenoxy) is 2. The Balaban J connectivity index is 1.80. The van der Waals surface area contributed by atoms with Crippen LogP contribution in [0.4, 0.5) is 25.9 Å². The fourth-order valence-corrected chi connectivity index (χ4v) is 7.08. The van der Waals surface area contributed by atoms with E-state index in [-0.39, 0.29) is 0 Å². The van der Waals surface area contributed by atoms with Crippen molar-refractivity contribution in [3.63, 3.8) is 0 Å². The third-order valence-electron chi connectivity index (χ3n) is 8.79. The SMILES string of the molecule is Cn1ncc(NC(=O)NC(COC(N)=O)C(OC(N)=O)(C(C)(C)C)C(C)(C)C)c1NC(c1ccccc1)(c1ccccc1)c1ccccc1. The summed E-state index contributed by atoms with van der Waals surface area (Å²) < 4.78 is 12.7. The topological polar surface area (TPSA) is 176 Å². The third-order valence-corrected chi connectivity index (χ3v) is 8.79. The summed E-state index contributed by atoms with van der Waals surface area (Å²) in [6.07, 6.45) is -0.571. The lowest BCUT2D eigenvalue weighted by Crippen LogP contribution is -2.70. The number of hydrogen-bond donors (Lipinski definition) is 5. The van der Waals surface area contributed by atoms with Crippen molar-refractivity contribution in [1.29, 1.82) is 0 Å². The minimum atomic E-state index is -1.47. The van der Waals surface area contributed by atoms with Crippen LogP contribution in [0.3, 0.4) is 0 Å². The lowest BCUT2D eigenvalue weighted by Gasteiger charge is -2.55. The molecule has 0 saturated carbocycles. The van der Waals surface area contributed by atoms with E-state index in [9.17, 15) is 14.4 Å². The first-order valence-electron chi connectivity index (χ1n) is 16.0. The summed E-state index contributed by atoms with van der Waals surface area (Å²) in [6, 6.07) is 28.3. The van der Waals surface area contributed by atoms with Gasteiger partial charge in [-0.25, -0.2) is 14.4 Å². The van der Waals surface area contributed by atoms with E-state index in [4.69, 9.17) is 20.9 Å². The van der Waals surface area contributed by atoms with Crippen LogP contribution in [0.25, 0.3) is 0 Å². The maximum Gasteiger partial charge on any atom is 0.405 e. The number of carbonyl (C=O) groups is 3. The van der Waals surface area contributed by atoms with E-state index in [1.54, 1.807) is 11.7 Å². The van der Waals surface area contributed by atoms with Crippen LogP contribution in [-0.2, 0) is 22.1 Å². The Morgan fingerprint density at radius 3 is 1.59 bits per heavy atom. The summed E-state index contributed by atoms with van der Waals surface area (Å²) in [5, 5.41) is 14.0. The quantitative estimate of drug-likeness (QED) is 0.116. The van der Waals surface area contributed by atoms with E-state index in [0.717, 1.165) is 16.7 Å². The average molecular weight is 670 g/mol. The molecular formula is C37H47N7O5. The van der Waals surface area contributed by atoms with Crippen LogP contribution in [0.2, 0.25) is 0 Å². The van der Waals surface area contributed by atoms with Gasteiger partial charge < -0.3 is 36.9 Å². The van der Waals surface area contributed by atoms with Crippen molar-refractivity contribution in [2.24, 2.45) is 29.3 Å². The van der Waals surface area contributed by atoms with Crippen molar-refractivity contribution in [2.75, 3.05) is 17.2 Å². The Labute approximate surface area is 287 Å². The molecule has 4 rings (SSSR count). The second-order valence-electron chi connectivity index (χ2n) is 13.9. The van der Waals surface area contributed by atoms with Gasteiger partial charge in [0.15, 0.2) is 0 Å². The molecule has 12 nitrogen and oxygen atoms in total. The number of aryl methyl sites for hydroxylation is 1. The third kappa shape index (κ3) is 7.48. The highest BCUT2D eigenvalue weighted by Gasteiger charge is 2.60. The number of nitrogens with zero attached hydrogens (tertiary/aromatic N) is 2. The van der Waals surface area contributed by atoms with E-state index in [0.29, 0.717) is 11.5 Å². The summed E-state index contributed by atoms with van der Waals surface area (Å²) in [5.74, 6) is 0.503. The predicted molar refractivity (Wildman–Crippen MR) is 190 cm³/mol. The molecule has 0 bridgehead atoms. The van der Waals surface area contributed by atoms with Gasteiger partial charge in [0.05, 0.1) is 6.20 Å². The minimum absolute atomic E-state index is 0.356. The molecule has 0 aliphatic rings. The maximum atomic E-state index is 14.0. The summed E-state index contributed by atoms with van der Waals surface area (Å²) >= 11 is 0. The fourth-order valence-electron chi connectivity index (χ4n) is 7.08. The largest absolute Gasteiger partial charge is 0.447 e. The first-order chi connectivity index (χ1) is 23.0. The average Bonchev–Trinajstić information content (AvgIpc) is 3.38. The number of carbonyl (C=O) groups excluding carboxylic acids is 3. The van der Waals surface area contributed by atoms with Crippen molar-refractivity contribution in [2.45, 2.75) is 58.7 Å². The van der Waals surface area contributed by atoms with Crippen molar-refractivity contribution >= 4 is 29.7 Å². The number of amides is 4. The van der Waals surface area contributed by atoms with Gasteiger partial charge in [-0.3, -0.25) is 4.68 Å². The molecule has 1 unspecified atom stereocenters. The Morgan fingerprint density at radius 1 is 0.755 bits per heavy atom. The van der Waals surface area contributed by atoms with Crippen LogP contribution in [0, 0.1) is 10.8 Å². The van der Waals surface area contributed by atoms with E-state index in [1.165, 1.54) is 6.20 Å². The first kappa shape index (κ1) is 36.3. The molecule has 12 heteroatoms. The number of primary amides is 2. The summed E-state index contributed by atoms with van der Waals surface area (Å²) in [6.45, 7) is 10.7. The molecule has 4 amide bonds. The number of urea groups is 1. The molecule has 1 aromatic heterocycles. The standard InChI is InChI=1S/C37H47N7O5/c1-34(2,3)37(35(4,5)6,49-32(39)46)29(24-48-31(38)45)42-33(47)41-28-23-40-44(7)30(28)43-36(25-17-11-8-12-18-25,26-19-13-9-14-20-26)27-21-15-10-16-22-27/h8-23,29,43H,24H2,1-7H3,(H2,38,45)(H2,39,46)(H2,41,42,47). The van der Waals surface area contributed by atoms with Gasteiger partial charge in [0, 0.05) is 17.9 Å². The smallest absolute Gasteiger partial charge is 0.405 e. The monoisotopic (exact) mass is 669 g/mol. The number of nitrogens with one attached hydrogen (secondary N) is 3. The Kier molecular flexibility index (Phi) is 10.6. The Bertz CT molecular complexity index is 1620. The lowest BCUT2D eigenvalue weighted by atomic mass is 9.59. The number of rotatable bonds is 11. The van der Waals surface area contributed by atoms with Gasteiger partial charge in [-0.2, -0.15) is 5.10 Å². The van der Waals surface area contributed by atoms with E-state index >= 15 is 0 Å². The summed E-state index contributed by atoms with van der Waals surface area (Å²) in [4.78, 5) is 38.1. The highest BCUT2D eigenvalue weighted by atomic mass is 16.6. The highest BCUT2D eigenvalue weighted by Crippen LogP contribution is 2.49. The van der Waals surface area contributed by atoms with Gasteiger partial charge in [0.25, 0.3) is 0 Å². The molecule has 260 valence electrons. The van der Waals surface area contributed by atoms with Crippen molar-refractivity contribution in [3.05, 3.63) is 114 Å². The second kappa shape index (κ2) is 14.3. The maximum absolute atomic E-state index is 14.0. The Morgan fingerprint density at radius 2 is 1.20 bits per heavy atom. The first-order valence-corrected chi connectivity index (χ1v) is 16.0. The van der Waals surface area contributed by atoms with Gasteiger partial charge in [0.2, 0.25) is 0 Å². The van der Waals surface area contributed by atoms with Crippen LogP contribution in [0.5, 0.6) is 0 Å². The zero-order chi connectivity index (χ0) is 36.0. The van der Waals surface area contributed by atoms with Crippen LogP contribution in [-0.4, -0.2) is 46.2 Å². The second-order valence-corrected chi connectivity index (χ2v) is 13.9. The number of anilines is 2. The molecule has 0 fully saturated rings. The molecular weight excluding hydrogens is 622 g/mol. The van der Waals surface area contributed by atoms with Crippen LogP contribution in [0.15, 0.2) is 97.2 Å². The van der Waals surface area contributed by atoms with Crippen molar-refractivity contribution in [1.82, 2.24) is 15.1 Å². The van der Waals surface area contributed by atoms with Gasteiger partial charge in [-0.1, -0.05) is 133 Å². The van der Waals surface area contributed by atoms with E-state index < -0.39 is 52.8 Å². The lowest BCUT2D eigenvalue weighted by molar-refractivity contribution is -0.163. The predicted octanol–water partition coefficient (Wildman–Crippen LogP) is 6.34. The number of nitrogens with two attached hydrogens (primary N) is 2. The van der Waals surface area contributed by atoms with E-state index in [2.05, 4.69) is 21.0 Å². The molecule has 0 aliphatic heterocycles. The fraction of sp³-hybridized carbons (Fsp3) is 0.351. The molecule has 0 radical (unpaired) electrons. The van der Waals surface area contributed by atoms with Crippen LogP contribution in [0.1, 0.15) is 58.2 Å². The molecule has 0 saturated heterocycles. The molecule has 49 heavy (non-hydrogen) atoms. The molecule has 3 aromatic carbocycles. The van der Waals surface area contributed by atoms with Crippen LogP contribution < -0.4 is 27.4 Å². The number of benzene rings is 3. The van der Waals surface area contributed by atoms with Gasteiger partial charge in [0.1, 0.15) is 35.3 Å². The van der Waals surface area contributed by atoms with E-state index in [1.807, 2.05) is 133 Å². The normalized spacial score (nSPS) is 12.8. The molecule has 7 N–H and O–H groups in total. The summed E-state index contributed by atoms with van der Waals surface area (Å²) in [7, 11) is 1.77. The van der Waals surface area contributed by atoms with Crippen molar-refractivity contribution in [3.8, 4) is 0 Å². The molecule has 1 heterocycles. The molecule has 4 aromatic rings. The minimum Gasteiger partial charge on any atom is -0.447 e. The zero-order valence-electron chi connectivity index (χ0n) is 29.1. The van der Waals surface area contributed by atoms with Gasteiger partial charge in [-0.15, -0.1) is 0 Å².